The molecule has 2 aromatic carbocycles. The number of hydrogen-bond donors (Lipinski definition) is 1. The SMILES string of the molecule is CCCN(Cc1nc2cc(CNCCC(C)C)ccc2n1CCC)C(=O)c1cc(F)ccc1F. The van der Waals surface area contributed by atoms with Crippen molar-refractivity contribution in [1.29, 1.82) is 0 Å². The van der Waals surface area contributed by atoms with Crippen LogP contribution >= 0.6 is 0 Å². The van der Waals surface area contributed by atoms with E-state index in [4.69, 9.17) is 4.98 Å². The molecular weight excluding hydrogens is 434 g/mol. The third-order valence-electron chi connectivity index (χ3n) is 5.84. The molecule has 0 saturated heterocycles. The molecule has 0 fully saturated rings. The molecule has 3 aromatic rings. The molecule has 1 amide bonds. The van der Waals surface area contributed by atoms with Crippen molar-refractivity contribution in [2.45, 2.75) is 66.6 Å². The number of aryl methyl sites for hydroxylation is 1. The highest BCUT2D eigenvalue weighted by Gasteiger charge is 2.22. The number of hydrogen-bond acceptors (Lipinski definition) is 3. The lowest BCUT2D eigenvalue weighted by molar-refractivity contribution is 0.0732. The fourth-order valence-electron chi connectivity index (χ4n) is 4.08. The standard InChI is InChI=1S/C27H36F2N4O/c1-5-13-32(27(34)22-16-21(28)8-9-23(22)29)18-26-31-24-15-20(17-30-12-11-19(3)4)7-10-25(24)33(26)14-6-2/h7-10,15-16,19,30H,5-6,11-14,17-18H2,1-4H3. The van der Waals surface area contributed by atoms with Crippen molar-refractivity contribution >= 4 is 16.9 Å². The molecule has 184 valence electrons. The minimum absolute atomic E-state index is 0.235. The van der Waals surface area contributed by atoms with Gasteiger partial charge in [-0.25, -0.2) is 13.8 Å². The Balaban J connectivity index is 1.87. The fraction of sp³-hybridized carbons (Fsp3) is 0.481. The minimum Gasteiger partial charge on any atom is -0.331 e. The predicted molar refractivity (Wildman–Crippen MR) is 133 cm³/mol. The van der Waals surface area contributed by atoms with Crippen molar-refractivity contribution in [3.8, 4) is 0 Å². The maximum absolute atomic E-state index is 14.3. The second-order valence-electron chi connectivity index (χ2n) is 9.21. The van der Waals surface area contributed by atoms with E-state index in [2.05, 4.69) is 48.9 Å². The fourth-order valence-corrected chi connectivity index (χ4v) is 4.08. The van der Waals surface area contributed by atoms with Crippen LogP contribution in [0, 0.1) is 17.6 Å². The minimum atomic E-state index is -0.718. The van der Waals surface area contributed by atoms with Gasteiger partial charge in [0.15, 0.2) is 0 Å². The largest absolute Gasteiger partial charge is 0.331 e. The smallest absolute Gasteiger partial charge is 0.257 e. The Morgan fingerprint density at radius 3 is 2.62 bits per heavy atom. The maximum Gasteiger partial charge on any atom is 0.257 e. The molecule has 34 heavy (non-hydrogen) atoms. The van der Waals surface area contributed by atoms with E-state index in [1.54, 1.807) is 4.90 Å². The molecule has 0 saturated carbocycles. The summed E-state index contributed by atoms with van der Waals surface area (Å²) in [5.41, 5.74) is 2.81. The van der Waals surface area contributed by atoms with Gasteiger partial charge < -0.3 is 14.8 Å². The van der Waals surface area contributed by atoms with E-state index in [0.717, 1.165) is 73.1 Å². The van der Waals surface area contributed by atoms with Gasteiger partial charge in [0.05, 0.1) is 23.1 Å². The van der Waals surface area contributed by atoms with Crippen LogP contribution in [0.4, 0.5) is 8.78 Å². The Kier molecular flexibility index (Phi) is 9.16. The number of benzene rings is 2. The first-order valence-corrected chi connectivity index (χ1v) is 12.3. The van der Waals surface area contributed by atoms with Gasteiger partial charge in [-0.15, -0.1) is 0 Å². The summed E-state index contributed by atoms with van der Waals surface area (Å²) in [5.74, 6) is -0.459. The monoisotopic (exact) mass is 470 g/mol. The lowest BCUT2D eigenvalue weighted by Crippen LogP contribution is -2.33. The lowest BCUT2D eigenvalue weighted by atomic mass is 10.1. The third kappa shape index (κ3) is 6.41. The number of fused-ring (bicyclic) bond motifs is 1. The Hall–Kier alpha value is -2.80. The number of rotatable bonds is 12. The second kappa shape index (κ2) is 12.1. The molecule has 0 bridgehead atoms. The first kappa shape index (κ1) is 25.8. The average molecular weight is 471 g/mol. The topological polar surface area (TPSA) is 50.2 Å². The number of carbonyl (C=O) groups is 1. The Morgan fingerprint density at radius 2 is 1.91 bits per heavy atom. The number of imidazole rings is 1. The van der Waals surface area contributed by atoms with E-state index in [1.807, 2.05) is 6.92 Å². The summed E-state index contributed by atoms with van der Waals surface area (Å²) < 4.78 is 30.1. The molecule has 7 heteroatoms. The summed E-state index contributed by atoms with van der Waals surface area (Å²) in [4.78, 5) is 19.5. The first-order chi connectivity index (χ1) is 16.3. The number of carbonyl (C=O) groups excluding carboxylic acids is 1. The lowest BCUT2D eigenvalue weighted by Gasteiger charge is -2.23. The van der Waals surface area contributed by atoms with E-state index in [1.165, 1.54) is 0 Å². The van der Waals surface area contributed by atoms with Crippen molar-refractivity contribution in [2.75, 3.05) is 13.1 Å². The highest BCUT2D eigenvalue weighted by Crippen LogP contribution is 2.22. The van der Waals surface area contributed by atoms with Crippen LogP contribution in [-0.4, -0.2) is 33.4 Å². The van der Waals surface area contributed by atoms with Crippen molar-refractivity contribution in [3.05, 3.63) is 65.0 Å². The van der Waals surface area contributed by atoms with Crippen LogP contribution < -0.4 is 5.32 Å². The number of halogens is 2. The van der Waals surface area contributed by atoms with E-state index < -0.39 is 17.5 Å². The Bertz CT molecular complexity index is 1110. The van der Waals surface area contributed by atoms with Gasteiger partial charge >= 0.3 is 0 Å². The normalized spacial score (nSPS) is 11.5. The number of nitrogens with zero attached hydrogens (tertiary/aromatic N) is 3. The third-order valence-corrected chi connectivity index (χ3v) is 5.84. The van der Waals surface area contributed by atoms with Crippen molar-refractivity contribution < 1.29 is 13.6 Å². The van der Waals surface area contributed by atoms with Gasteiger partial charge in [-0.05, 0) is 67.6 Å². The van der Waals surface area contributed by atoms with Crippen molar-refractivity contribution in [3.63, 3.8) is 0 Å². The van der Waals surface area contributed by atoms with Gasteiger partial charge in [0, 0.05) is 19.6 Å². The zero-order valence-corrected chi connectivity index (χ0v) is 20.7. The summed E-state index contributed by atoms with van der Waals surface area (Å²) in [7, 11) is 0. The van der Waals surface area contributed by atoms with Crippen LogP contribution in [-0.2, 0) is 19.6 Å². The van der Waals surface area contributed by atoms with Gasteiger partial charge in [-0.1, -0.05) is 33.8 Å². The zero-order valence-electron chi connectivity index (χ0n) is 20.7. The summed E-state index contributed by atoms with van der Waals surface area (Å²) in [6.45, 7) is 11.6. The Morgan fingerprint density at radius 1 is 1.12 bits per heavy atom. The highest BCUT2D eigenvalue weighted by atomic mass is 19.1. The molecule has 0 aliphatic carbocycles. The van der Waals surface area contributed by atoms with Crippen LogP contribution in [0.5, 0.6) is 0 Å². The van der Waals surface area contributed by atoms with E-state index >= 15 is 0 Å². The predicted octanol–water partition coefficient (Wildman–Crippen LogP) is 5.91. The molecule has 1 heterocycles. The zero-order chi connectivity index (χ0) is 24.7. The van der Waals surface area contributed by atoms with Gasteiger partial charge in [0.25, 0.3) is 5.91 Å². The molecule has 0 unspecified atom stereocenters. The average Bonchev–Trinajstić information content (AvgIpc) is 3.14. The molecule has 1 N–H and O–H groups in total. The molecule has 0 radical (unpaired) electrons. The van der Waals surface area contributed by atoms with E-state index in [0.29, 0.717) is 18.9 Å². The summed E-state index contributed by atoms with van der Waals surface area (Å²) in [6.07, 6.45) is 2.74. The molecule has 0 spiro atoms. The van der Waals surface area contributed by atoms with Crippen LogP contribution in [0.2, 0.25) is 0 Å². The second-order valence-corrected chi connectivity index (χ2v) is 9.21. The first-order valence-electron chi connectivity index (χ1n) is 12.3. The Labute approximate surface area is 201 Å². The van der Waals surface area contributed by atoms with Gasteiger partial charge in [-0.3, -0.25) is 4.79 Å². The molecule has 0 aliphatic heterocycles. The van der Waals surface area contributed by atoms with Gasteiger partial charge in [-0.2, -0.15) is 0 Å². The van der Waals surface area contributed by atoms with E-state index in [9.17, 15) is 13.6 Å². The molecule has 0 atom stereocenters. The number of nitrogens with one attached hydrogen (secondary N) is 1. The summed E-state index contributed by atoms with van der Waals surface area (Å²) in [5, 5.41) is 3.48. The molecule has 3 rings (SSSR count). The quantitative estimate of drug-likeness (QED) is 0.335. The van der Waals surface area contributed by atoms with Gasteiger partial charge in [0.2, 0.25) is 0 Å². The number of aromatic nitrogens is 2. The molecular formula is C27H36F2N4O. The molecule has 1 aromatic heterocycles. The molecule has 5 nitrogen and oxygen atoms in total. The maximum atomic E-state index is 14.3. The van der Waals surface area contributed by atoms with Crippen LogP contribution in [0.15, 0.2) is 36.4 Å². The van der Waals surface area contributed by atoms with Crippen LogP contribution in [0.1, 0.15) is 68.7 Å². The highest BCUT2D eigenvalue weighted by molar-refractivity contribution is 5.94. The summed E-state index contributed by atoms with van der Waals surface area (Å²) >= 11 is 0. The van der Waals surface area contributed by atoms with Gasteiger partial charge in [0.1, 0.15) is 17.5 Å². The van der Waals surface area contributed by atoms with Crippen LogP contribution in [0.25, 0.3) is 11.0 Å². The van der Waals surface area contributed by atoms with Crippen molar-refractivity contribution in [2.24, 2.45) is 5.92 Å². The number of amides is 1. The van der Waals surface area contributed by atoms with E-state index in [-0.39, 0.29) is 12.1 Å². The van der Waals surface area contributed by atoms with Crippen LogP contribution in [0.3, 0.4) is 0 Å². The molecule has 0 aliphatic rings. The van der Waals surface area contributed by atoms with Crippen molar-refractivity contribution in [1.82, 2.24) is 19.8 Å². The summed E-state index contributed by atoms with van der Waals surface area (Å²) in [6, 6.07) is 9.26.